The van der Waals surface area contributed by atoms with Gasteiger partial charge >= 0.3 is 0 Å². The zero-order chi connectivity index (χ0) is 9.42. The lowest BCUT2D eigenvalue weighted by molar-refractivity contribution is 0.497. The van der Waals surface area contributed by atoms with E-state index in [1.807, 2.05) is 7.05 Å². The number of nitrogens with one attached hydrogen (secondary N) is 1. The molecular weight excluding hydrogens is 162 g/mol. The minimum absolute atomic E-state index is 0.475. The highest BCUT2D eigenvalue weighted by atomic mass is 15.3. The third kappa shape index (κ3) is 1.37. The molecule has 0 fully saturated rings. The van der Waals surface area contributed by atoms with Crippen molar-refractivity contribution in [3.8, 4) is 0 Å². The van der Waals surface area contributed by atoms with Crippen LogP contribution in [-0.4, -0.2) is 16.8 Å². The highest BCUT2D eigenvalue weighted by molar-refractivity contribution is 5.26. The molecule has 1 aromatic heterocycles. The molecule has 1 aliphatic carbocycles. The number of fused-ring (bicyclic) bond motifs is 1. The van der Waals surface area contributed by atoms with Crippen molar-refractivity contribution in [2.24, 2.45) is 0 Å². The van der Waals surface area contributed by atoms with E-state index < -0.39 is 0 Å². The molecule has 1 atom stereocenters. The van der Waals surface area contributed by atoms with Gasteiger partial charge in [0.25, 0.3) is 0 Å². The van der Waals surface area contributed by atoms with Gasteiger partial charge in [-0.2, -0.15) is 5.10 Å². The number of nitrogens with zero attached hydrogens (tertiary/aromatic N) is 2. The standard InChI is InChI=1S/C10H17N3/c1-7(2)13-6-8-4-5-9(11-3)10(8)12-13/h6-7,9,11H,4-5H2,1-3H3. The SMILES string of the molecule is CNC1CCc2cn(C(C)C)nc21. The monoisotopic (exact) mass is 179 g/mol. The fraction of sp³-hybridized carbons (Fsp3) is 0.700. The summed E-state index contributed by atoms with van der Waals surface area (Å²) in [6, 6.07) is 0.957. The zero-order valence-electron chi connectivity index (χ0n) is 8.54. The molecule has 3 nitrogen and oxygen atoms in total. The molecule has 13 heavy (non-hydrogen) atoms. The normalized spacial score (nSPS) is 21.1. The Bertz CT molecular complexity index is 301. The van der Waals surface area contributed by atoms with Crippen LogP contribution in [0.25, 0.3) is 0 Å². The summed E-state index contributed by atoms with van der Waals surface area (Å²) in [7, 11) is 2.01. The van der Waals surface area contributed by atoms with Crippen LogP contribution in [0.3, 0.4) is 0 Å². The predicted octanol–water partition coefficient (Wildman–Crippen LogP) is 1.67. The van der Waals surface area contributed by atoms with Crippen molar-refractivity contribution in [3.63, 3.8) is 0 Å². The van der Waals surface area contributed by atoms with Crippen LogP contribution in [-0.2, 0) is 6.42 Å². The van der Waals surface area contributed by atoms with Crippen LogP contribution in [0.4, 0.5) is 0 Å². The summed E-state index contributed by atoms with van der Waals surface area (Å²) in [6.07, 6.45) is 4.57. The lowest BCUT2D eigenvalue weighted by atomic mass is 10.2. The Labute approximate surface area is 79.1 Å². The maximum Gasteiger partial charge on any atom is 0.0825 e. The quantitative estimate of drug-likeness (QED) is 0.748. The molecular formula is C10H17N3. The van der Waals surface area contributed by atoms with E-state index in [1.165, 1.54) is 24.1 Å². The summed E-state index contributed by atoms with van der Waals surface area (Å²) in [5.74, 6) is 0. The molecule has 2 rings (SSSR count). The molecule has 1 unspecified atom stereocenters. The van der Waals surface area contributed by atoms with Gasteiger partial charge in [0.15, 0.2) is 0 Å². The topological polar surface area (TPSA) is 29.9 Å². The van der Waals surface area contributed by atoms with Gasteiger partial charge in [0.2, 0.25) is 0 Å². The van der Waals surface area contributed by atoms with Gasteiger partial charge in [-0.25, -0.2) is 0 Å². The molecule has 0 aromatic carbocycles. The minimum atomic E-state index is 0.475. The first-order valence-electron chi connectivity index (χ1n) is 4.97. The Morgan fingerprint density at radius 1 is 1.62 bits per heavy atom. The van der Waals surface area contributed by atoms with Crippen molar-refractivity contribution in [1.29, 1.82) is 0 Å². The van der Waals surface area contributed by atoms with E-state index in [0.717, 1.165) is 0 Å². The first-order chi connectivity index (χ1) is 6.22. The molecule has 0 radical (unpaired) electrons. The maximum absolute atomic E-state index is 4.60. The van der Waals surface area contributed by atoms with Gasteiger partial charge in [0.1, 0.15) is 0 Å². The smallest absolute Gasteiger partial charge is 0.0825 e. The third-order valence-corrected chi connectivity index (χ3v) is 2.75. The zero-order valence-corrected chi connectivity index (χ0v) is 8.54. The van der Waals surface area contributed by atoms with Gasteiger partial charge in [0.05, 0.1) is 11.7 Å². The van der Waals surface area contributed by atoms with E-state index in [2.05, 4.69) is 35.1 Å². The number of aromatic nitrogens is 2. The van der Waals surface area contributed by atoms with E-state index in [4.69, 9.17) is 0 Å². The largest absolute Gasteiger partial charge is 0.312 e. The van der Waals surface area contributed by atoms with E-state index >= 15 is 0 Å². The molecule has 0 amide bonds. The highest BCUT2D eigenvalue weighted by Gasteiger charge is 2.24. The van der Waals surface area contributed by atoms with Crippen LogP contribution >= 0.6 is 0 Å². The fourth-order valence-corrected chi connectivity index (χ4v) is 1.91. The van der Waals surface area contributed by atoms with E-state index in [0.29, 0.717) is 12.1 Å². The lowest BCUT2D eigenvalue weighted by Gasteiger charge is -2.08. The van der Waals surface area contributed by atoms with Gasteiger partial charge in [-0.15, -0.1) is 0 Å². The van der Waals surface area contributed by atoms with Gasteiger partial charge in [0, 0.05) is 12.2 Å². The number of rotatable bonds is 2. The molecule has 3 heteroatoms. The van der Waals surface area contributed by atoms with Gasteiger partial charge in [-0.05, 0) is 39.3 Å². The van der Waals surface area contributed by atoms with E-state index in [9.17, 15) is 0 Å². The van der Waals surface area contributed by atoms with Crippen molar-refractivity contribution in [3.05, 3.63) is 17.5 Å². The maximum atomic E-state index is 4.60. The predicted molar refractivity (Wildman–Crippen MR) is 52.7 cm³/mol. The van der Waals surface area contributed by atoms with Crippen LogP contribution in [0.1, 0.15) is 43.6 Å². The van der Waals surface area contributed by atoms with Crippen LogP contribution < -0.4 is 5.32 Å². The molecule has 0 bridgehead atoms. The Morgan fingerprint density at radius 2 is 2.38 bits per heavy atom. The Balaban J connectivity index is 2.31. The van der Waals surface area contributed by atoms with Crippen LogP contribution in [0, 0.1) is 0 Å². The van der Waals surface area contributed by atoms with Crippen molar-refractivity contribution in [2.45, 2.75) is 38.8 Å². The summed E-state index contributed by atoms with van der Waals surface area (Å²) < 4.78 is 2.06. The van der Waals surface area contributed by atoms with Crippen molar-refractivity contribution >= 4 is 0 Å². The Kier molecular flexibility index (Phi) is 2.12. The molecule has 0 saturated heterocycles. The van der Waals surface area contributed by atoms with Gasteiger partial charge in [-0.3, -0.25) is 4.68 Å². The molecule has 1 N–H and O–H groups in total. The van der Waals surface area contributed by atoms with Crippen molar-refractivity contribution < 1.29 is 0 Å². The second kappa shape index (κ2) is 3.14. The summed E-state index contributed by atoms with van der Waals surface area (Å²) >= 11 is 0. The van der Waals surface area contributed by atoms with E-state index in [-0.39, 0.29) is 0 Å². The van der Waals surface area contributed by atoms with Crippen LogP contribution in [0.15, 0.2) is 6.20 Å². The number of hydrogen-bond donors (Lipinski definition) is 1. The second-order valence-corrected chi connectivity index (χ2v) is 3.99. The molecule has 0 spiro atoms. The van der Waals surface area contributed by atoms with Crippen LogP contribution in [0.5, 0.6) is 0 Å². The average molecular weight is 179 g/mol. The summed E-state index contributed by atoms with van der Waals surface area (Å²) in [5, 5.41) is 7.89. The number of aryl methyl sites for hydroxylation is 1. The molecule has 72 valence electrons. The van der Waals surface area contributed by atoms with E-state index in [1.54, 1.807) is 0 Å². The molecule has 0 saturated carbocycles. The van der Waals surface area contributed by atoms with Crippen molar-refractivity contribution in [2.75, 3.05) is 7.05 Å². The number of hydrogen-bond acceptors (Lipinski definition) is 2. The average Bonchev–Trinajstić information content (AvgIpc) is 2.60. The molecule has 0 aliphatic heterocycles. The molecule has 1 aliphatic rings. The lowest BCUT2D eigenvalue weighted by Crippen LogP contribution is -2.14. The Hall–Kier alpha value is -0.830. The first-order valence-corrected chi connectivity index (χ1v) is 4.97. The summed E-state index contributed by atoms with van der Waals surface area (Å²) in [5.41, 5.74) is 2.68. The van der Waals surface area contributed by atoms with Crippen LogP contribution in [0.2, 0.25) is 0 Å². The summed E-state index contributed by atoms with van der Waals surface area (Å²) in [6.45, 7) is 4.33. The summed E-state index contributed by atoms with van der Waals surface area (Å²) in [4.78, 5) is 0. The van der Waals surface area contributed by atoms with Gasteiger partial charge < -0.3 is 5.32 Å². The Morgan fingerprint density at radius 3 is 3.00 bits per heavy atom. The minimum Gasteiger partial charge on any atom is -0.312 e. The second-order valence-electron chi connectivity index (χ2n) is 3.99. The van der Waals surface area contributed by atoms with Crippen molar-refractivity contribution in [1.82, 2.24) is 15.1 Å². The third-order valence-electron chi connectivity index (χ3n) is 2.75. The highest BCUT2D eigenvalue weighted by Crippen LogP contribution is 2.29. The van der Waals surface area contributed by atoms with Gasteiger partial charge in [-0.1, -0.05) is 0 Å². The first kappa shape index (κ1) is 8.75. The fourth-order valence-electron chi connectivity index (χ4n) is 1.91. The molecule has 1 aromatic rings. The molecule has 1 heterocycles.